The summed E-state index contributed by atoms with van der Waals surface area (Å²) in [6.07, 6.45) is 0. The Kier molecular flexibility index (Phi) is 4.35. The van der Waals surface area contributed by atoms with Crippen molar-refractivity contribution in [1.82, 2.24) is 10.4 Å². The van der Waals surface area contributed by atoms with Crippen LogP contribution >= 0.6 is 23.1 Å². The number of carbonyl (C=O) groups excluding carboxylic acids is 1. The van der Waals surface area contributed by atoms with Crippen LogP contribution in [0.15, 0.2) is 34.5 Å². The van der Waals surface area contributed by atoms with E-state index in [0.717, 1.165) is 11.4 Å². The first-order chi connectivity index (χ1) is 8.69. The van der Waals surface area contributed by atoms with Crippen LogP contribution in [0.4, 0.5) is 0 Å². The lowest BCUT2D eigenvalue weighted by molar-refractivity contribution is 0.0953. The van der Waals surface area contributed by atoms with E-state index in [9.17, 15) is 4.79 Å². The molecule has 6 heteroatoms. The molecule has 94 valence electrons. The minimum atomic E-state index is -0.341. The summed E-state index contributed by atoms with van der Waals surface area (Å²) < 4.78 is 0. The fourth-order valence-electron chi connectivity index (χ4n) is 1.40. The molecule has 1 aromatic heterocycles. The molecule has 0 fully saturated rings. The molecular formula is C12H13N3OS2. The topological polar surface area (TPSA) is 68.0 Å². The van der Waals surface area contributed by atoms with Gasteiger partial charge in [0.2, 0.25) is 0 Å². The lowest BCUT2D eigenvalue weighted by Gasteiger charge is -2.00. The third-order valence-electron chi connectivity index (χ3n) is 2.25. The van der Waals surface area contributed by atoms with Gasteiger partial charge in [-0.25, -0.2) is 10.8 Å². The Labute approximate surface area is 114 Å². The van der Waals surface area contributed by atoms with Gasteiger partial charge in [0, 0.05) is 16.0 Å². The molecule has 0 unspecified atom stereocenters. The number of hydrazine groups is 1. The molecular weight excluding hydrogens is 266 g/mol. The molecule has 4 nitrogen and oxygen atoms in total. The van der Waals surface area contributed by atoms with Crippen LogP contribution in [-0.2, 0) is 5.75 Å². The van der Waals surface area contributed by atoms with Gasteiger partial charge in [0.15, 0.2) is 5.01 Å². The van der Waals surface area contributed by atoms with Crippen LogP contribution in [0.2, 0.25) is 0 Å². The van der Waals surface area contributed by atoms with Crippen LogP contribution in [0.1, 0.15) is 21.1 Å². The molecule has 0 aliphatic heterocycles. The minimum Gasteiger partial charge on any atom is -0.288 e. The Balaban J connectivity index is 1.98. The normalized spacial score (nSPS) is 10.3. The molecule has 18 heavy (non-hydrogen) atoms. The van der Waals surface area contributed by atoms with E-state index in [4.69, 9.17) is 5.84 Å². The number of nitrogen functional groups attached to an aromatic ring is 1. The van der Waals surface area contributed by atoms with Gasteiger partial charge in [-0.1, -0.05) is 17.7 Å². The van der Waals surface area contributed by atoms with E-state index < -0.39 is 0 Å². The molecule has 1 aromatic carbocycles. The number of aryl methyl sites for hydroxylation is 1. The number of nitrogens with zero attached hydrogens (tertiary/aromatic N) is 1. The van der Waals surface area contributed by atoms with Crippen molar-refractivity contribution in [1.29, 1.82) is 0 Å². The fraction of sp³-hybridized carbons (Fsp3) is 0.167. The Morgan fingerprint density at radius 1 is 1.56 bits per heavy atom. The van der Waals surface area contributed by atoms with Crippen molar-refractivity contribution in [3.8, 4) is 0 Å². The number of carbonyl (C=O) groups is 1. The standard InChI is InChI=1S/C12H13N3OS2/c1-8-3-2-4-10(5-8)17-6-9-7-18-12(14-9)11(16)15-13/h2-5,7H,6,13H2,1H3,(H,15,16). The number of nitrogens with two attached hydrogens (primary N) is 1. The van der Waals surface area contributed by atoms with E-state index in [0.29, 0.717) is 5.01 Å². The average molecular weight is 279 g/mol. The van der Waals surface area contributed by atoms with Crippen molar-refractivity contribution in [3.63, 3.8) is 0 Å². The summed E-state index contributed by atoms with van der Waals surface area (Å²) in [5.74, 6) is 5.46. The Morgan fingerprint density at radius 2 is 2.39 bits per heavy atom. The number of hydrogen-bond acceptors (Lipinski definition) is 5. The monoisotopic (exact) mass is 279 g/mol. The van der Waals surface area contributed by atoms with Crippen LogP contribution in [0, 0.1) is 6.92 Å². The zero-order valence-electron chi connectivity index (χ0n) is 9.84. The van der Waals surface area contributed by atoms with E-state index in [2.05, 4.69) is 35.5 Å². The van der Waals surface area contributed by atoms with Gasteiger partial charge in [-0.05, 0) is 19.1 Å². The van der Waals surface area contributed by atoms with Gasteiger partial charge < -0.3 is 0 Å². The predicted molar refractivity (Wildman–Crippen MR) is 74.5 cm³/mol. The molecule has 1 heterocycles. The van der Waals surface area contributed by atoms with E-state index in [-0.39, 0.29) is 5.91 Å². The molecule has 3 N–H and O–H groups in total. The summed E-state index contributed by atoms with van der Waals surface area (Å²) in [6.45, 7) is 2.07. The summed E-state index contributed by atoms with van der Waals surface area (Å²) in [6, 6.07) is 8.30. The highest BCUT2D eigenvalue weighted by Crippen LogP contribution is 2.24. The van der Waals surface area contributed by atoms with E-state index in [1.807, 2.05) is 11.4 Å². The highest BCUT2D eigenvalue weighted by molar-refractivity contribution is 7.98. The molecule has 2 aromatic rings. The number of rotatable bonds is 4. The van der Waals surface area contributed by atoms with Crippen molar-refractivity contribution in [3.05, 3.63) is 45.9 Å². The highest BCUT2D eigenvalue weighted by Gasteiger charge is 2.09. The Hall–Kier alpha value is -1.37. The largest absolute Gasteiger partial charge is 0.294 e. The second-order valence-electron chi connectivity index (χ2n) is 3.72. The molecule has 0 aliphatic carbocycles. The van der Waals surface area contributed by atoms with Crippen molar-refractivity contribution in [2.45, 2.75) is 17.6 Å². The maximum absolute atomic E-state index is 11.3. The quantitative estimate of drug-likeness (QED) is 0.390. The molecule has 0 aliphatic rings. The summed E-state index contributed by atoms with van der Waals surface area (Å²) in [7, 11) is 0. The first kappa shape index (κ1) is 13.1. The average Bonchev–Trinajstić information content (AvgIpc) is 2.84. The maximum Gasteiger partial charge on any atom is 0.294 e. The van der Waals surface area contributed by atoms with E-state index >= 15 is 0 Å². The van der Waals surface area contributed by atoms with Crippen molar-refractivity contribution in [2.75, 3.05) is 0 Å². The van der Waals surface area contributed by atoms with Gasteiger partial charge in [-0.2, -0.15) is 0 Å². The van der Waals surface area contributed by atoms with Crippen LogP contribution in [0.25, 0.3) is 0 Å². The first-order valence-corrected chi connectivity index (χ1v) is 7.20. The maximum atomic E-state index is 11.3. The number of aromatic nitrogens is 1. The summed E-state index contributed by atoms with van der Waals surface area (Å²) >= 11 is 3.01. The highest BCUT2D eigenvalue weighted by atomic mass is 32.2. The second kappa shape index (κ2) is 5.99. The molecule has 2 rings (SSSR count). The van der Waals surface area contributed by atoms with Crippen molar-refractivity contribution < 1.29 is 4.79 Å². The molecule has 0 atom stereocenters. The van der Waals surface area contributed by atoms with Crippen LogP contribution in [-0.4, -0.2) is 10.9 Å². The molecule has 0 spiro atoms. The van der Waals surface area contributed by atoms with Gasteiger partial charge in [0.1, 0.15) is 0 Å². The third-order valence-corrected chi connectivity index (χ3v) is 4.17. The van der Waals surface area contributed by atoms with E-state index in [1.165, 1.54) is 21.8 Å². The van der Waals surface area contributed by atoms with Crippen LogP contribution in [0.3, 0.4) is 0 Å². The van der Waals surface area contributed by atoms with Crippen LogP contribution in [0.5, 0.6) is 0 Å². The molecule has 1 amide bonds. The fourth-order valence-corrected chi connectivity index (χ4v) is 3.13. The SMILES string of the molecule is Cc1cccc(SCc2csc(C(=O)NN)n2)c1. The van der Waals surface area contributed by atoms with Gasteiger partial charge in [0.25, 0.3) is 5.91 Å². The number of hydrogen-bond donors (Lipinski definition) is 2. The Morgan fingerprint density at radius 3 is 3.11 bits per heavy atom. The minimum absolute atomic E-state index is 0.341. The van der Waals surface area contributed by atoms with Gasteiger partial charge >= 0.3 is 0 Å². The molecule has 0 radical (unpaired) electrons. The predicted octanol–water partition coefficient (Wildman–Crippen LogP) is 2.35. The molecule has 0 saturated heterocycles. The summed E-state index contributed by atoms with van der Waals surface area (Å²) in [5.41, 5.74) is 4.21. The lowest BCUT2D eigenvalue weighted by Crippen LogP contribution is -2.29. The van der Waals surface area contributed by atoms with Gasteiger partial charge in [-0.3, -0.25) is 10.2 Å². The molecule has 0 saturated carbocycles. The second-order valence-corrected chi connectivity index (χ2v) is 5.63. The number of amides is 1. The zero-order chi connectivity index (χ0) is 13.0. The first-order valence-electron chi connectivity index (χ1n) is 5.34. The van der Waals surface area contributed by atoms with Crippen molar-refractivity contribution in [2.24, 2.45) is 5.84 Å². The smallest absolute Gasteiger partial charge is 0.288 e. The number of nitrogens with one attached hydrogen (secondary N) is 1. The number of thioether (sulfide) groups is 1. The van der Waals surface area contributed by atoms with Crippen molar-refractivity contribution >= 4 is 29.0 Å². The third kappa shape index (κ3) is 3.32. The summed E-state index contributed by atoms with van der Waals surface area (Å²) in [5, 5.41) is 2.28. The zero-order valence-corrected chi connectivity index (χ0v) is 11.5. The lowest BCUT2D eigenvalue weighted by atomic mass is 10.2. The number of thiazole rings is 1. The van der Waals surface area contributed by atoms with Gasteiger partial charge in [0.05, 0.1) is 5.69 Å². The Bertz CT molecular complexity index is 554. The molecule has 0 bridgehead atoms. The van der Waals surface area contributed by atoms with E-state index in [1.54, 1.807) is 11.8 Å². The van der Waals surface area contributed by atoms with Gasteiger partial charge in [-0.15, -0.1) is 23.1 Å². The summed E-state index contributed by atoms with van der Waals surface area (Å²) in [4.78, 5) is 16.7. The number of benzene rings is 1. The van der Waals surface area contributed by atoms with Crippen LogP contribution < -0.4 is 11.3 Å².